The number of aliphatic carboxylic acids is 1. The number of carboxylic acid groups (broad SMARTS) is 1. The highest BCUT2D eigenvalue weighted by Gasteiger charge is 2.32. The summed E-state index contributed by atoms with van der Waals surface area (Å²) in [5.41, 5.74) is 4.79. The van der Waals surface area contributed by atoms with Gasteiger partial charge < -0.3 is 25.8 Å². The Hall–Kier alpha value is -6.62. The van der Waals surface area contributed by atoms with E-state index in [0.29, 0.717) is 28.9 Å². The highest BCUT2D eigenvalue weighted by atomic mass is 19.1. The summed E-state index contributed by atoms with van der Waals surface area (Å²) in [6.07, 6.45) is 0.302. The van der Waals surface area contributed by atoms with E-state index in [1.807, 2.05) is 84.9 Å². The number of aryl methyl sites for hydroxylation is 1. The Morgan fingerprint density at radius 3 is 1.77 bits per heavy atom. The van der Waals surface area contributed by atoms with Crippen LogP contribution in [0.2, 0.25) is 0 Å². The first-order valence-corrected chi connectivity index (χ1v) is 18.9. The molecule has 292 valence electrons. The van der Waals surface area contributed by atoms with Gasteiger partial charge in [0.25, 0.3) is 5.91 Å². The fourth-order valence-electron chi connectivity index (χ4n) is 6.81. The third-order valence-electron chi connectivity index (χ3n) is 9.98. The van der Waals surface area contributed by atoms with Gasteiger partial charge in [0.05, 0.1) is 12.0 Å². The van der Waals surface area contributed by atoms with E-state index in [0.717, 1.165) is 16.7 Å². The normalized spacial score (nSPS) is 19.5. The van der Waals surface area contributed by atoms with Crippen LogP contribution in [-0.4, -0.2) is 59.3 Å². The summed E-state index contributed by atoms with van der Waals surface area (Å²) in [5, 5.41) is 18.6. The lowest BCUT2D eigenvalue weighted by Gasteiger charge is -2.26. The van der Waals surface area contributed by atoms with Gasteiger partial charge in [0.1, 0.15) is 23.7 Å². The van der Waals surface area contributed by atoms with Gasteiger partial charge in [-0.25, -0.2) is 4.39 Å². The predicted octanol–water partition coefficient (Wildman–Crippen LogP) is 5.66. The van der Waals surface area contributed by atoms with Gasteiger partial charge in [-0.2, -0.15) is 0 Å². The number of carbonyl (C=O) groups excluding carboxylic acids is 4. The number of hydrogen-bond donors (Lipinski definition) is 4. The van der Waals surface area contributed by atoms with Crippen LogP contribution in [0.1, 0.15) is 35.1 Å². The average Bonchev–Trinajstić information content (AvgIpc) is 3.22. The molecule has 0 aliphatic carbocycles. The number of amides is 3. The van der Waals surface area contributed by atoms with E-state index in [1.54, 1.807) is 24.3 Å². The average molecular weight is 770 g/mol. The molecule has 3 amide bonds. The second-order valence-corrected chi connectivity index (χ2v) is 14.2. The molecular formula is C46H44FN3O7. The zero-order chi connectivity index (χ0) is 40.1. The third kappa shape index (κ3) is 11.7. The summed E-state index contributed by atoms with van der Waals surface area (Å²) in [5.74, 6) is -4.78. The molecule has 2 aliphatic rings. The van der Waals surface area contributed by atoms with E-state index >= 15 is 0 Å². The first-order chi connectivity index (χ1) is 27.6. The monoisotopic (exact) mass is 769 g/mol. The van der Waals surface area contributed by atoms with Crippen LogP contribution in [0.4, 0.5) is 4.39 Å². The zero-order valence-corrected chi connectivity index (χ0v) is 31.2. The van der Waals surface area contributed by atoms with E-state index < -0.39 is 65.9 Å². The summed E-state index contributed by atoms with van der Waals surface area (Å²) >= 11 is 0. The van der Waals surface area contributed by atoms with E-state index in [2.05, 4.69) is 16.0 Å². The summed E-state index contributed by atoms with van der Waals surface area (Å²) < 4.78 is 19.5. The number of carbonyl (C=O) groups is 5. The molecule has 57 heavy (non-hydrogen) atoms. The van der Waals surface area contributed by atoms with Gasteiger partial charge in [-0.15, -0.1) is 0 Å². The van der Waals surface area contributed by atoms with Crippen LogP contribution < -0.4 is 20.7 Å². The molecule has 2 aliphatic heterocycles. The van der Waals surface area contributed by atoms with E-state index in [4.69, 9.17) is 4.74 Å². The Balaban J connectivity index is 1.34. The SMILES string of the molecule is O=C1COc2ccc(cc2)C[C@@H](C(=O)O)CC(=O)[C@@H](CCc2ccccc2)NC(=O)[C@H](Cc2ccc(-c3ccccc3)cc2)NC(=O)[C@@H](Cc2ccc(F)cc2)N1. The van der Waals surface area contributed by atoms with Crippen LogP contribution >= 0.6 is 0 Å². The van der Waals surface area contributed by atoms with Gasteiger partial charge >= 0.3 is 5.97 Å². The number of nitrogens with one attached hydrogen (secondary N) is 3. The molecule has 11 heteroatoms. The van der Waals surface area contributed by atoms with Crippen molar-refractivity contribution in [1.82, 2.24) is 16.0 Å². The van der Waals surface area contributed by atoms with Gasteiger partial charge in [0.15, 0.2) is 12.4 Å². The van der Waals surface area contributed by atoms with Gasteiger partial charge in [-0.05, 0) is 76.9 Å². The minimum Gasteiger partial charge on any atom is -0.484 e. The Bertz CT molecular complexity index is 2150. The van der Waals surface area contributed by atoms with Crippen molar-refractivity contribution in [2.24, 2.45) is 5.92 Å². The maximum Gasteiger partial charge on any atom is 0.307 e. The molecule has 7 rings (SSSR count). The standard InChI is InChI=1S/C46H44FN3O7/c47-37-20-13-33(14-21-37)26-40-44(53)50-41(27-32-11-18-35(19-12-32)34-9-5-2-6-10-34)45(54)49-39(24-17-30-7-3-1-4-8-30)42(51)28-36(46(55)56)25-31-15-22-38(23-16-31)57-29-43(52)48-40/h1-16,18-23,36,39-41H,17,24-29H2,(H,48,52)(H,49,54)(H,50,53)(H,55,56)/t36-,39-,40-,41+/m1/s1. The molecule has 0 radical (unpaired) electrons. The number of benzene rings is 5. The lowest BCUT2D eigenvalue weighted by Crippen LogP contribution is -2.57. The summed E-state index contributed by atoms with van der Waals surface area (Å²) in [4.78, 5) is 68.3. The molecule has 5 aromatic carbocycles. The smallest absolute Gasteiger partial charge is 0.307 e. The number of halogens is 1. The van der Waals surface area contributed by atoms with Crippen molar-refractivity contribution >= 4 is 29.5 Å². The summed E-state index contributed by atoms with van der Waals surface area (Å²) in [6.45, 7) is -0.445. The maximum atomic E-state index is 14.4. The van der Waals surface area contributed by atoms with Crippen molar-refractivity contribution in [3.63, 3.8) is 0 Å². The molecule has 4 N–H and O–H groups in total. The molecule has 0 unspecified atom stereocenters. The maximum absolute atomic E-state index is 14.4. The topological polar surface area (TPSA) is 151 Å². The second-order valence-electron chi connectivity index (χ2n) is 14.2. The quantitative estimate of drug-likeness (QED) is 0.141. The van der Waals surface area contributed by atoms with Crippen LogP contribution in [0.25, 0.3) is 11.1 Å². The molecular weight excluding hydrogens is 726 g/mol. The first kappa shape index (κ1) is 40.1. The van der Waals surface area contributed by atoms with Crippen LogP contribution in [0.3, 0.4) is 0 Å². The van der Waals surface area contributed by atoms with Crippen molar-refractivity contribution in [3.05, 3.63) is 162 Å². The Labute approximate surface area is 330 Å². The highest BCUT2D eigenvalue weighted by Crippen LogP contribution is 2.22. The molecule has 4 atom stereocenters. The zero-order valence-electron chi connectivity index (χ0n) is 31.2. The number of hydrogen-bond acceptors (Lipinski definition) is 6. The van der Waals surface area contributed by atoms with Gasteiger partial charge in [0, 0.05) is 19.3 Å². The van der Waals surface area contributed by atoms with Crippen molar-refractivity contribution in [2.75, 3.05) is 6.61 Å². The number of carboxylic acids is 1. The first-order valence-electron chi connectivity index (χ1n) is 18.9. The molecule has 0 saturated heterocycles. The minimum absolute atomic E-state index is 0.0261. The number of fused-ring (bicyclic) bond motifs is 16. The lowest BCUT2D eigenvalue weighted by molar-refractivity contribution is -0.144. The predicted molar refractivity (Wildman–Crippen MR) is 213 cm³/mol. The largest absolute Gasteiger partial charge is 0.484 e. The molecule has 2 heterocycles. The van der Waals surface area contributed by atoms with Crippen LogP contribution in [0.15, 0.2) is 133 Å². The van der Waals surface area contributed by atoms with Crippen molar-refractivity contribution in [1.29, 1.82) is 0 Å². The van der Waals surface area contributed by atoms with Gasteiger partial charge in [-0.1, -0.05) is 109 Å². The Morgan fingerprint density at radius 2 is 1.16 bits per heavy atom. The summed E-state index contributed by atoms with van der Waals surface area (Å²) in [7, 11) is 0. The highest BCUT2D eigenvalue weighted by molar-refractivity contribution is 5.96. The van der Waals surface area contributed by atoms with Crippen LogP contribution in [0.5, 0.6) is 5.75 Å². The summed E-state index contributed by atoms with van der Waals surface area (Å²) in [6, 6.07) is 35.3. The minimum atomic E-state index is -1.22. The molecule has 2 bridgehead atoms. The fourth-order valence-corrected chi connectivity index (χ4v) is 6.81. The molecule has 0 spiro atoms. The van der Waals surface area contributed by atoms with Crippen LogP contribution in [-0.2, 0) is 49.7 Å². The Morgan fingerprint density at radius 1 is 0.614 bits per heavy atom. The van der Waals surface area contributed by atoms with Crippen molar-refractivity contribution < 1.29 is 38.2 Å². The molecule has 0 saturated carbocycles. The molecule has 0 aromatic heterocycles. The number of ether oxygens (including phenoxy) is 1. The molecule has 0 fully saturated rings. The number of rotatable bonds is 9. The van der Waals surface area contributed by atoms with Gasteiger partial charge in [0.2, 0.25) is 11.8 Å². The van der Waals surface area contributed by atoms with Crippen molar-refractivity contribution in [3.8, 4) is 16.9 Å². The van der Waals surface area contributed by atoms with Crippen molar-refractivity contribution in [2.45, 2.75) is 56.7 Å². The van der Waals surface area contributed by atoms with Gasteiger partial charge in [-0.3, -0.25) is 24.0 Å². The number of Topliss-reactive ketones (excluding diaryl/α,β-unsaturated/α-hetero) is 1. The molecule has 10 nitrogen and oxygen atoms in total. The fraction of sp³-hybridized carbons (Fsp3) is 0.239. The molecule has 5 aromatic rings. The van der Waals surface area contributed by atoms with E-state index in [1.165, 1.54) is 24.3 Å². The second kappa shape index (κ2) is 19.3. The Kier molecular flexibility index (Phi) is 13.6. The van der Waals surface area contributed by atoms with Crippen LogP contribution in [0, 0.1) is 11.7 Å². The van der Waals surface area contributed by atoms with E-state index in [9.17, 15) is 33.5 Å². The van der Waals surface area contributed by atoms with E-state index in [-0.39, 0.29) is 32.1 Å². The number of ketones is 1. The third-order valence-corrected chi connectivity index (χ3v) is 9.98. The lowest BCUT2D eigenvalue weighted by atomic mass is 9.90.